The highest BCUT2D eigenvalue weighted by molar-refractivity contribution is 5.90. The van der Waals surface area contributed by atoms with Crippen molar-refractivity contribution in [2.24, 2.45) is 0 Å². The number of hydrogen-bond donors (Lipinski definition) is 0. The zero-order chi connectivity index (χ0) is 24.7. The maximum absolute atomic E-state index is 12.3. The lowest BCUT2D eigenvalue weighted by Crippen LogP contribution is -2.07. The van der Waals surface area contributed by atoms with Crippen molar-refractivity contribution < 1.29 is 19.1 Å². The van der Waals surface area contributed by atoms with Gasteiger partial charge in [0.2, 0.25) is 0 Å². The van der Waals surface area contributed by atoms with Crippen LogP contribution in [0.3, 0.4) is 0 Å². The van der Waals surface area contributed by atoms with E-state index in [1.807, 2.05) is 24.3 Å². The lowest BCUT2D eigenvalue weighted by atomic mass is 10.1. The Morgan fingerprint density at radius 3 is 1.31 bits per heavy atom. The van der Waals surface area contributed by atoms with E-state index in [-0.39, 0.29) is 13.2 Å². The first-order valence-electron chi connectivity index (χ1n) is 10.7. The molecule has 0 fully saturated rings. The maximum atomic E-state index is 12.3. The standard InChI is InChI=1S/C24H18N8O4/c33-23(19-5-9-21(10-6-19)31-15-25-27-29-31)35-13-17-1-2-18(4-3-17)14-36-24(34)20-7-11-22(12-8-20)32-16-26-28-30-32/h1-12,15-16H,13-14H2. The molecule has 0 amide bonds. The zero-order valence-corrected chi connectivity index (χ0v) is 18.7. The molecule has 5 rings (SSSR count). The molecule has 0 aliphatic carbocycles. The van der Waals surface area contributed by atoms with Gasteiger partial charge in [-0.05, 0) is 80.5 Å². The molecule has 0 saturated heterocycles. The number of esters is 2. The molecule has 2 aromatic heterocycles. The summed E-state index contributed by atoms with van der Waals surface area (Å²) in [5.41, 5.74) is 3.91. The zero-order valence-electron chi connectivity index (χ0n) is 18.7. The number of rotatable bonds is 8. The molecule has 0 aliphatic rings. The molecule has 12 nitrogen and oxygen atoms in total. The Labute approximate surface area is 204 Å². The third kappa shape index (κ3) is 5.28. The average molecular weight is 482 g/mol. The average Bonchev–Trinajstić information content (AvgIpc) is 3.66. The number of aromatic nitrogens is 8. The number of nitrogens with zero attached hydrogens (tertiary/aromatic N) is 8. The Hall–Kier alpha value is -5.26. The summed E-state index contributed by atoms with van der Waals surface area (Å²) in [6, 6.07) is 20.8. The first kappa shape index (κ1) is 22.5. The largest absolute Gasteiger partial charge is 0.457 e. The highest BCUT2D eigenvalue weighted by Gasteiger charge is 2.10. The van der Waals surface area contributed by atoms with Crippen molar-refractivity contribution in [2.45, 2.75) is 13.2 Å². The minimum Gasteiger partial charge on any atom is -0.457 e. The fraction of sp³-hybridized carbons (Fsp3) is 0.0833. The molecule has 0 saturated carbocycles. The summed E-state index contributed by atoms with van der Waals surface area (Å²) in [6.45, 7) is 0.225. The number of hydrogen-bond acceptors (Lipinski definition) is 10. The van der Waals surface area contributed by atoms with Crippen LogP contribution in [0.2, 0.25) is 0 Å². The van der Waals surface area contributed by atoms with Crippen LogP contribution in [-0.4, -0.2) is 52.4 Å². The third-order valence-corrected chi connectivity index (χ3v) is 5.20. The van der Waals surface area contributed by atoms with Gasteiger partial charge in [0.15, 0.2) is 0 Å². The summed E-state index contributed by atoms with van der Waals surface area (Å²) in [4.78, 5) is 24.7. The van der Waals surface area contributed by atoms with Crippen LogP contribution < -0.4 is 0 Å². The topological polar surface area (TPSA) is 140 Å². The minimum absolute atomic E-state index is 0.112. The normalized spacial score (nSPS) is 10.7. The van der Waals surface area contributed by atoms with Crippen LogP contribution in [0.4, 0.5) is 0 Å². The van der Waals surface area contributed by atoms with Gasteiger partial charge in [0.1, 0.15) is 25.9 Å². The lowest BCUT2D eigenvalue weighted by molar-refractivity contribution is 0.0460. The van der Waals surface area contributed by atoms with Crippen LogP contribution in [0.1, 0.15) is 31.8 Å². The summed E-state index contributed by atoms with van der Waals surface area (Å²) in [6.07, 6.45) is 2.93. The van der Waals surface area contributed by atoms with Crippen molar-refractivity contribution in [1.29, 1.82) is 0 Å². The highest BCUT2D eigenvalue weighted by atomic mass is 16.5. The predicted molar refractivity (Wildman–Crippen MR) is 123 cm³/mol. The fourth-order valence-corrected chi connectivity index (χ4v) is 3.26. The van der Waals surface area contributed by atoms with E-state index in [1.54, 1.807) is 48.5 Å². The van der Waals surface area contributed by atoms with Crippen LogP contribution in [0.5, 0.6) is 0 Å². The number of ether oxygens (including phenoxy) is 2. The Morgan fingerprint density at radius 1 is 0.583 bits per heavy atom. The van der Waals surface area contributed by atoms with Gasteiger partial charge in [-0.2, -0.15) is 0 Å². The lowest BCUT2D eigenvalue weighted by Gasteiger charge is -2.08. The molecule has 0 atom stereocenters. The van der Waals surface area contributed by atoms with Crippen molar-refractivity contribution in [3.05, 3.63) is 108 Å². The smallest absolute Gasteiger partial charge is 0.338 e. The summed E-state index contributed by atoms with van der Waals surface area (Å²) >= 11 is 0. The number of benzene rings is 3. The molecular weight excluding hydrogens is 464 g/mol. The van der Waals surface area contributed by atoms with Gasteiger partial charge in [-0.25, -0.2) is 19.0 Å². The molecule has 0 N–H and O–H groups in total. The van der Waals surface area contributed by atoms with E-state index in [0.29, 0.717) is 11.1 Å². The molecule has 12 heteroatoms. The fourth-order valence-electron chi connectivity index (χ4n) is 3.26. The van der Waals surface area contributed by atoms with Crippen molar-refractivity contribution in [3.63, 3.8) is 0 Å². The Morgan fingerprint density at radius 2 is 0.972 bits per heavy atom. The molecule has 0 unspecified atom stereocenters. The maximum Gasteiger partial charge on any atom is 0.338 e. The first-order valence-corrected chi connectivity index (χ1v) is 10.7. The summed E-state index contributed by atoms with van der Waals surface area (Å²) in [7, 11) is 0. The van der Waals surface area contributed by atoms with Crippen LogP contribution in [0.25, 0.3) is 11.4 Å². The molecule has 0 spiro atoms. The highest BCUT2D eigenvalue weighted by Crippen LogP contribution is 2.13. The molecule has 36 heavy (non-hydrogen) atoms. The van der Waals surface area contributed by atoms with Gasteiger partial charge in [0.25, 0.3) is 0 Å². The van der Waals surface area contributed by atoms with Crippen LogP contribution >= 0.6 is 0 Å². The number of carbonyl (C=O) groups excluding carboxylic acids is 2. The van der Waals surface area contributed by atoms with Crippen molar-refractivity contribution in [2.75, 3.05) is 0 Å². The molecule has 3 aromatic carbocycles. The van der Waals surface area contributed by atoms with E-state index in [2.05, 4.69) is 31.1 Å². The molecule has 0 bridgehead atoms. The second-order valence-corrected chi connectivity index (χ2v) is 7.57. The van der Waals surface area contributed by atoms with Crippen molar-refractivity contribution >= 4 is 11.9 Å². The van der Waals surface area contributed by atoms with E-state index in [4.69, 9.17) is 9.47 Å². The monoisotopic (exact) mass is 482 g/mol. The molecule has 5 aromatic rings. The van der Waals surface area contributed by atoms with Gasteiger partial charge < -0.3 is 9.47 Å². The Kier molecular flexibility index (Phi) is 6.47. The van der Waals surface area contributed by atoms with Crippen molar-refractivity contribution in [1.82, 2.24) is 40.4 Å². The molecule has 2 heterocycles. The van der Waals surface area contributed by atoms with Crippen molar-refractivity contribution in [3.8, 4) is 11.4 Å². The minimum atomic E-state index is -0.442. The molecule has 0 radical (unpaired) electrons. The number of tetrazole rings is 2. The second-order valence-electron chi connectivity index (χ2n) is 7.57. The van der Waals surface area contributed by atoms with Gasteiger partial charge in [-0.3, -0.25) is 0 Å². The Bertz CT molecular complexity index is 1320. The van der Waals surface area contributed by atoms with Crippen LogP contribution in [0, 0.1) is 0 Å². The van der Waals surface area contributed by atoms with Gasteiger partial charge in [-0.15, -0.1) is 10.2 Å². The predicted octanol–water partition coefficient (Wildman–Crippen LogP) is 2.35. The Balaban J connectivity index is 1.10. The van der Waals surface area contributed by atoms with E-state index in [9.17, 15) is 9.59 Å². The van der Waals surface area contributed by atoms with E-state index in [0.717, 1.165) is 22.5 Å². The summed E-state index contributed by atoms with van der Waals surface area (Å²) in [5, 5.41) is 21.9. The summed E-state index contributed by atoms with van der Waals surface area (Å²) in [5.74, 6) is -0.884. The molecule has 178 valence electrons. The SMILES string of the molecule is O=C(OCc1ccc(COC(=O)c2ccc(-n3cnnn3)cc2)cc1)c1ccc(-n2cnnn2)cc1. The van der Waals surface area contributed by atoms with E-state index >= 15 is 0 Å². The first-order chi connectivity index (χ1) is 17.7. The second kappa shape index (κ2) is 10.3. The van der Waals surface area contributed by atoms with E-state index < -0.39 is 11.9 Å². The summed E-state index contributed by atoms with van der Waals surface area (Å²) < 4.78 is 13.8. The van der Waals surface area contributed by atoms with E-state index in [1.165, 1.54) is 22.0 Å². The molecule has 0 aliphatic heterocycles. The molecular formula is C24H18N8O4. The van der Waals surface area contributed by atoms with Gasteiger partial charge in [0.05, 0.1) is 22.5 Å². The van der Waals surface area contributed by atoms with Crippen LogP contribution in [-0.2, 0) is 22.7 Å². The van der Waals surface area contributed by atoms with Gasteiger partial charge in [-0.1, -0.05) is 24.3 Å². The third-order valence-electron chi connectivity index (χ3n) is 5.20. The van der Waals surface area contributed by atoms with Gasteiger partial charge in [0, 0.05) is 0 Å². The van der Waals surface area contributed by atoms with Gasteiger partial charge >= 0.3 is 11.9 Å². The quantitative estimate of drug-likeness (QED) is 0.303. The van der Waals surface area contributed by atoms with Crippen LogP contribution in [0.15, 0.2) is 85.5 Å². The number of carbonyl (C=O) groups is 2.